The molecule has 0 radical (unpaired) electrons. The van der Waals surface area contributed by atoms with Crippen LogP contribution in [0.25, 0.3) is 11.5 Å². The maximum atomic E-state index is 11.6. The van der Waals surface area contributed by atoms with Gasteiger partial charge in [-0.1, -0.05) is 5.16 Å². The molecule has 1 aliphatic carbocycles. The Kier molecular flexibility index (Phi) is 3.53. The van der Waals surface area contributed by atoms with Crippen molar-refractivity contribution >= 4 is 26.2 Å². The van der Waals surface area contributed by atoms with Crippen LogP contribution in [0.1, 0.15) is 41.3 Å². The first-order chi connectivity index (χ1) is 9.88. The normalized spacial score (nSPS) is 16.7. The van der Waals surface area contributed by atoms with E-state index in [0.717, 1.165) is 31.1 Å². The standard InChI is InChI=1S/C13H17N3O3S2/c1-7(21(2,17)18)12-15-13(19-16-12)10-8-5-3-4-6-9(8)20-11(10)14/h7H,3-6,14H2,1-2H3. The summed E-state index contributed by atoms with van der Waals surface area (Å²) in [5.41, 5.74) is 8.08. The number of thiophene rings is 1. The van der Waals surface area contributed by atoms with Gasteiger partial charge in [-0.2, -0.15) is 4.98 Å². The summed E-state index contributed by atoms with van der Waals surface area (Å²) < 4.78 is 28.4. The SMILES string of the molecule is CC(c1noc(-c2c(N)sc3c2CCCC3)n1)S(C)(=O)=O. The van der Waals surface area contributed by atoms with Gasteiger partial charge in [0.2, 0.25) is 0 Å². The average molecular weight is 327 g/mol. The number of nitrogen functional groups attached to an aromatic ring is 1. The second-order valence-electron chi connectivity index (χ2n) is 5.38. The van der Waals surface area contributed by atoms with Gasteiger partial charge < -0.3 is 10.3 Å². The van der Waals surface area contributed by atoms with Crippen LogP contribution in [0.3, 0.4) is 0 Å². The van der Waals surface area contributed by atoms with Crippen molar-refractivity contribution in [2.24, 2.45) is 0 Å². The molecule has 8 heteroatoms. The Morgan fingerprint density at radius 1 is 1.33 bits per heavy atom. The molecule has 1 atom stereocenters. The van der Waals surface area contributed by atoms with Gasteiger partial charge in [0.1, 0.15) is 5.25 Å². The lowest BCUT2D eigenvalue weighted by Crippen LogP contribution is -2.09. The van der Waals surface area contributed by atoms with Gasteiger partial charge in [0, 0.05) is 11.1 Å². The van der Waals surface area contributed by atoms with Crippen molar-refractivity contribution in [2.45, 2.75) is 37.9 Å². The largest absolute Gasteiger partial charge is 0.390 e. The second-order valence-corrected chi connectivity index (χ2v) is 8.88. The van der Waals surface area contributed by atoms with E-state index in [2.05, 4.69) is 10.1 Å². The van der Waals surface area contributed by atoms with Crippen molar-refractivity contribution in [3.05, 3.63) is 16.3 Å². The minimum atomic E-state index is -3.25. The van der Waals surface area contributed by atoms with Crippen LogP contribution in [-0.4, -0.2) is 24.8 Å². The van der Waals surface area contributed by atoms with E-state index >= 15 is 0 Å². The third-order valence-electron chi connectivity index (χ3n) is 3.86. The van der Waals surface area contributed by atoms with E-state index in [-0.39, 0.29) is 5.82 Å². The highest BCUT2D eigenvalue weighted by Crippen LogP contribution is 2.42. The molecule has 114 valence electrons. The van der Waals surface area contributed by atoms with E-state index in [9.17, 15) is 8.42 Å². The van der Waals surface area contributed by atoms with Crippen LogP contribution in [0.4, 0.5) is 5.00 Å². The van der Waals surface area contributed by atoms with Crippen LogP contribution >= 0.6 is 11.3 Å². The molecule has 21 heavy (non-hydrogen) atoms. The molecular weight excluding hydrogens is 310 g/mol. The van der Waals surface area contributed by atoms with Crippen molar-refractivity contribution in [3.63, 3.8) is 0 Å². The van der Waals surface area contributed by atoms with Gasteiger partial charge in [-0.05, 0) is 38.2 Å². The molecule has 2 aromatic heterocycles. The molecule has 2 aromatic rings. The number of hydrogen-bond acceptors (Lipinski definition) is 7. The van der Waals surface area contributed by atoms with Gasteiger partial charge in [-0.3, -0.25) is 0 Å². The van der Waals surface area contributed by atoms with Crippen LogP contribution < -0.4 is 5.73 Å². The number of hydrogen-bond donors (Lipinski definition) is 1. The van der Waals surface area contributed by atoms with E-state index in [1.807, 2.05) is 0 Å². The average Bonchev–Trinajstić information content (AvgIpc) is 2.99. The second kappa shape index (κ2) is 5.10. The van der Waals surface area contributed by atoms with Gasteiger partial charge in [0.05, 0.1) is 10.6 Å². The van der Waals surface area contributed by atoms with E-state index in [4.69, 9.17) is 10.3 Å². The molecule has 1 aliphatic rings. The quantitative estimate of drug-likeness (QED) is 0.929. The summed E-state index contributed by atoms with van der Waals surface area (Å²) in [4.78, 5) is 5.54. The molecule has 0 saturated heterocycles. The lowest BCUT2D eigenvalue weighted by atomic mass is 9.95. The van der Waals surface area contributed by atoms with Crippen molar-refractivity contribution in [1.29, 1.82) is 0 Å². The molecule has 1 unspecified atom stereocenters. The molecule has 2 N–H and O–H groups in total. The van der Waals surface area contributed by atoms with Crippen molar-refractivity contribution in [2.75, 3.05) is 12.0 Å². The Morgan fingerprint density at radius 3 is 2.76 bits per heavy atom. The van der Waals surface area contributed by atoms with Gasteiger partial charge in [-0.25, -0.2) is 8.42 Å². The first-order valence-corrected chi connectivity index (χ1v) is 9.58. The van der Waals surface area contributed by atoms with Gasteiger partial charge >= 0.3 is 0 Å². The lowest BCUT2D eigenvalue weighted by molar-refractivity contribution is 0.421. The van der Waals surface area contributed by atoms with Crippen LogP contribution in [0.15, 0.2) is 4.52 Å². The summed E-state index contributed by atoms with van der Waals surface area (Å²) in [6.07, 6.45) is 5.45. The number of aryl methyl sites for hydroxylation is 1. The van der Waals surface area contributed by atoms with Gasteiger partial charge in [0.15, 0.2) is 15.7 Å². The molecule has 3 rings (SSSR count). The number of nitrogens with zero attached hydrogens (tertiary/aromatic N) is 2. The highest BCUT2D eigenvalue weighted by atomic mass is 32.2. The molecular formula is C13H17N3O3S2. The van der Waals surface area contributed by atoms with E-state index in [0.29, 0.717) is 10.9 Å². The van der Waals surface area contributed by atoms with Crippen LogP contribution in [-0.2, 0) is 22.7 Å². The van der Waals surface area contributed by atoms with Gasteiger partial charge in [0.25, 0.3) is 5.89 Å². The molecule has 0 spiro atoms. The Morgan fingerprint density at radius 2 is 2.05 bits per heavy atom. The fourth-order valence-electron chi connectivity index (χ4n) is 2.51. The minimum absolute atomic E-state index is 0.183. The maximum Gasteiger partial charge on any atom is 0.261 e. The summed E-state index contributed by atoms with van der Waals surface area (Å²) in [6, 6.07) is 0. The molecule has 0 bridgehead atoms. The van der Waals surface area contributed by atoms with Crippen molar-refractivity contribution < 1.29 is 12.9 Å². The Bertz CT molecular complexity index is 777. The molecule has 0 aromatic carbocycles. The summed E-state index contributed by atoms with van der Waals surface area (Å²) in [5.74, 6) is 0.514. The molecule has 0 saturated carbocycles. The smallest absolute Gasteiger partial charge is 0.261 e. The molecule has 6 nitrogen and oxygen atoms in total. The number of aromatic nitrogens is 2. The first kappa shape index (κ1) is 14.5. The van der Waals surface area contributed by atoms with Gasteiger partial charge in [-0.15, -0.1) is 11.3 Å². The molecule has 0 amide bonds. The monoisotopic (exact) mass is 327 g/mol. The number of nitrogens with two attached hydrogens (primary N) is 1. The Hall–Kier alpha value is -1.41. The zero-order valence-corrected chi connectivity index (χ0v) is 13.6. The molecule has 0 fully saturated rings. The highest BCUT2D eigenvalue weighted by Gasteiger charge is 2.27. The minimum Gasteiger partial charge on any atom is -0.390 e. The number of fused-ring (bicyclic) bond motifs is 1. The highest BCUT2D eigenvalue weighted by molar-refractivity contribution is 7.90. The van der Waals surface area contributed by atoms with Crippen LogP contribution in [0, 0.1) is 0 Å². The molecule has 2 heterocycles. The lowest BCUT2D eigenvalue weighted by Gasteiger charge is -2.10. The first-order valence-electron chi connectivity index (χ1n) is 6.80. The number of anilines is 1. The van der Waals surface area contributed by atoms with Crippen molar-refractivity contribution in [1.82, 2.24) is 10.1 Å². The summed E-state index contributed by atoms with van der Waals surface area (Å²) >= 11 is 1.57. The summed E-state index contributed by atoms with van der Waals surface area (Å²) in [7, 11) is -3.25. The number of rotatable bonds is 3. The zero-order chi connectivity index (χ0) is 15.2. The summed E-state index contributed by atoms with van der Waals surface area (Å²) in [5, 5.41) is 3.70. The van der Waals surface area contributed by atoms with E-state index in [1.54, 1.807) is 18.3 Å². The third-order valence-corrected chi connectivity index (χ3v) is 6.48. The van der Waals surface area contributed by atoms with Crippen LogP contribution in [0.2, 0.25) is 0 Å². The van der Waals surface area contributed by atoms with Crippen LogP contribution in [0.5, 0.6) is 0 Å². The predicted molar refractivity (Wildman–Crippen MR) is 81.9 cm³/mol. The summed E-state index contributed by atoms with van der Waals surface area (Å²) in [6.45, 7) is 1.55. The fraction of sp³-hybridized carbons (Fsp3) is 0.538. The Labute approximate surface area is 127 Å². The third kappa shape index (κ3) is 2.57. The zero-order valence-electron chi connectivity index (χ0n) is 11.9. The Balaban J connectivity index is 2.03. The topological polar surface area (TPSA) is 99.1 Å². The fourth-order valence-corrected chi connectivity index (χ4v) is 4.15. The van der Waals surface area contributed by atoms with E-state index < -0.39 is 15.1 Å². The predicted octanol–water partition coefficient (Wildman–Crippen LogP) is 2.36. The number of sulfone groups is 1. The maximum absolute atomic E-state index is 11.6. The van der Waals surface area contributed by atoms with E-state index in [1.165, 1.54) is 16.9 Å². The van der Waals surface area contributed by atoms with Crippen molar-refractivity contribution in [3.8, 4) is 11.5 Å². The molecule has 0 aliphatic heterocycles.